The summed E-state index contributed by atoms with van der Waals surface area (Å²) in [6.45, 7) is 16.3. The minimum Gasteiger partial charge on any atom is -0.462 e. The first kappa shape index (κ1) is 25.1. The Morgan fingerprint density at radius 3 is 2.32 bits per heavy atom. The summed E-state index contributed by atoms with van der Waals surface area (Å²) in [5.41, 5.74) is 0.0855. The normalized spacial score (nSPS) is 49.2. The summed E-state index contributed by atoms with van der Waals surface area (Å²) in [5.74, 6) is 4.17. The predicted octanol–water partition coefficient (Wildman–Crippen LogP) is 7.49. The molecule has 4 saturated carbocycles. The van der Waals surface area contributed by atoms with Gasteiger partial charge in [-0.3, -0.25) is 4.79 Å². The van der Waals surface area contributed by atoms with Gasteiger partial charge in [0.15, 0.2) is 0 Å². The van der Waals surface area contributed by atoms with Crippen molar-refractivity contribution in [2.45, 2.75) is 136 Å². The molecule has 34 heavy (non-hydrogen) atoms. The number of rotatable bonds is 6. The smallest absolute Gasteiger partial charge is 0.302 e. The second-order valence-electron chi connectivity index (χ2n) is 14.1. The average Bonchev–Trinajstić information content (AvgIpc) is 3.14. The van der Waals surface area contributed by atoms with Crippen molar-refractivity contribution in [3.63, 3.8) is 0 Å². The standard InChI is InChI=1S/C30H50O4/c1-19(2)20(3)8-9-21(4)24-10-11-25-27(24,6)14-13-26-28(7)15-12-23(32-22(5)31)18-29(28)16-17-30(25,26)34-33-29/h19-21,23-26H,8-18H2,1-7H3/t20-,21+,23+,24+,25-,26-,27+,28+,29+,30-/m0/s1. The van der Waals surface area contributed by atoms with E-state index in [1.165, 1.54) is 45.4 Å². The van der Waals surface area contributed by atoms with Crippen molar-refractivity contribution in [3.05, 3.63) is 0 Å². The van der Waals surface area contributed by atoms with Crippen LogP contribution in [0.4, 0.5) is 0 Å². The van der Waals surface area contributed by atoms with Crippen LogP contribution in [0.5, 0.6) is 0 Å². The number of ether oxygens (including phenoxy) is 1. The van der Waals surface area contributed by atoms with Crippen LogP contribution in [0.1, 0.15) is 119 Å². The number of fused-ring (bicyclic) bond motifs is 3. The lowest BCUT2D eigenvalue weighted by atomic mass is 9.40. The van der Waals surface area contributed by atoms with E-state index in [-0.39, 0.29) is 28.7 Å². The molecule has 2 saturated heterocycles. The summed E-state index contributed by atoms with van der Waals surface area (Å²) in [5, 5.41) is 0. The van der Waals surface area contributed by atoms with Crippen LogP contribution in [0.3, 0.4) is 0 Å². The van der Waals surface area contributed by atoms with Crippen molar-refractivity contribution in [2.75, 3.05) is 0 Å². The Kier molecular flexibility index (Phi) is 6.24. The Labute approximate surface area is 208 Å². The number of carbonyl (C=O) groups is 1. The van der Waals surface area contributed by atoms with Crippen LogP contribution in [0, 0.1) is 46.3 Å². The zero-order valence-electron chi connectivity index (χ0n) is 23.0. The lowest BCUT2D eigenvalue weighted by Crippen LogP contribution is -2.75. The van der Waals surface area contributed by atoms with E-state index < -0.39 is 0 Å². The zero-order valence-corrected chi connectivity index (χ0v) is 23.0. The second-order valence-corrected chi connectivity index (χ2v) is 14.1. The molecule has 0 N–H and O–H groups in total. The van der Waals surface area contributed by atoms with Gasteiger partial charge in [-0.05, 0) is 92.3 Å². The highest BCUT2D eigenvalue weighted by atomic mass is 17.2. The first-order valence-electron chi connectivity index (χ1n) is 14.5. The summed E-state index contributed by atoms with van der Waals surface area (Å²) in [6, 6.07) is 0. The van der Waals surface area contributed by atoms with E-state index in [9.17, 15) is 4.79 Å². The van der Waals surface area contributed by atoms with Crippen LogP contribution in [0.25, 0.3) is 0 Å². The number of carbonyl (C=O) groups excluding carboxylic acids is 1. The van der Waals surface area contributed by atoms with Crippen molar-refractivity contribution in [2.24, 2.45) is 46.3 Å². The Bertz CT molecular complexity index is 783. The highest BCUT2D eigenvalue weighted by Gasteiger charge is 2.76. The van der Waals surface area contributed by atoms with Gasteiger partial charge in [-0.15, -0.1) is 0 Å². The van der Waals surface area contributed by atoms with E-state index in [0.29, 0.717) is 17.3 Å². The Hall–Kier alpha value is -0.610. The molecule has 6 fully saturated rings. The minimum atomic E-state index is -0.288. The van der Waals surface area contributed by atoms with Gasteiger partial charge in [0.25, 0.3) is 0 Å². The van der Waals surface area contributed by atoms with Gasteiger partial charge in [-0.2, -0.15) is 0 Å². The third-order valence-corrected chi connectivity index (χ3v) is 12.4. The monoisotopic (exact) mass is 474 g/mol. The fraction of sp³-hybridized carbons (Fsp3) is 0.967. The maximum Gasteiger partial charge on any atom is 0.302 e. The molecule has 10 atom stereocenters. The molecule has 0 aromatic heterocycles. The number of hydrogen-bond donors (Lipinski definition) is 0. The lowest BCUT2D eigenvalue weighted by Gasteiger charge is -2.72. The Morgan fingerprint density at radius 2 is 1.68 bits per heavy atom. The molecule has 6 aliphatic rings. The van der Waals surface area contributed by atoms with E-state index >= 15 is 0 Å². The van der Waals surface area contributed by atoms with E-state index in [1.807, 2.05) is 0 Å². The van der Waals surface area contributed by atoms with Gasteiger partial charge >= 0.3 is 5.97 Å². The molecule has 4 aliphatic carbocycles. The summed E-state index contributed by atoms with van der Waals surface area (Å²) in [7, 11) is 0. The maximum absolute atomic E-state index is 11.7. The van der Waals surface area contributed by atoms with Crippen molar-refractivity contribution in [1.82, 2.24) is 0 Å². The fourth-order valence-corrected chi connectivity index (χ4v) is 10.1. The topological polar surface area (TPSA) is 44.8 Å². The number of hydrogen-bond acceptors (Lipinski definition) is 4. The predicted molar refractivity (Wildman–Crippen MR) is 134 cm³/mol. The maximum atomic E-state index is 11.7. The van der Waals surface area contributed by atoms with Crippen molar-refractivity contribution < 1.29 is 19.3 Å². The molecule has 2 aliphatic heterocycles. The molecule has 4 nitrogen and oxygen atoms in total. The van der Waals surface area contributed by atoms with E-state index in [2.05, 4.69) is 41.5 Å². The minimum absolute atomic E-state index is 0.0291. The molecule has 194 valence electrons. The van der Waals surface area contributed by atoms with Crippen LogP contribution in [0.2, 0.25) is 0 Å². The Morgan fingerprint density at radius 1 is 0.912 bits per heavy atom. The van der Waals surface area contributed by atoms with Gasteiger partial charge in [-0.25, -0.2) is 9.78 Å². The molecule has 0 unspecified atom stereocenters. The third-order valence-electron chi connectivity index (χ3n) is 12.4. The highest BCUT2D eigenvalue weighted by molar-refractivity contribution is 5.66. The van der Waals surface area contributed by atoms with Gasteiger partial charge in [0.05, 0.1) is 0 Å². The number of esters is 1. The molecule has 0 aromatic rings. The Balaban J connectivity index is 1.36. The summed E-state index contributed by atoms with van der Waals surface area (Å²) >= 11 is 0. The fourth-order valence-electron chi connectivity index (χ4n) is 10.1. The van der Waals surface area contributed by atoms with E-state index in [0.717, 1.165) is 55.8 Å². The largest absolute Gasteiger partial charge is 0.462 e. The molecule has 0 aromatic carbocycles. The van der Waals surface area contributed by atoms with E-state index in [4.69, 9.17) is 14.5 Å². The highest BCUT2D eigenvalue weighted by Crippen LogP contribution is 2.74. The van der Waals surface area contributed by atoms with Crippen LogP contribution in [-0.4, -0.2) is 23.3 Å². The van der Waals surface area contributed by atoms with Crippen molar-refractivity contribution in [1.29, 1.82) is 0 Å². The van der Waals surface area contributed by atoms with Crippen molar-refractivity contribution >= 4 is 5.97 Å². The van der Waals surface area contributed by atoms with Crippen LogP contribution < -0.4 is 0 Å². The first-order chi connectivity index (χ1) is 16.0. The average molecular weight is 475 g/mol. The van der Waals surface area contributed by atoms with Crippen molar-refractivity contribution in [3.8, 4) is 0 Å². The summed E-state index contributed by atoms with van der Waals surface area (Å²) < 4.78 is 5.67. The second kappa shape index (κ2) is 8.47. The van der Waals surface area contributed by atoms with Gasteiger partial charge in [-0.1, -0.05) is 54.4 Å². The summed E-state index contributed by atoms with van der Waals surface area (Å²) in [6.07, 6.45) is 12.9. The van der Waals surface area contributed by atoms with Gasteiger partial charge < -0.3 is 4.74 Å². The van der Waals surface area contributed by atoms with Gasteiger partial charge in [0, 0.05) is 18.8 Å². The molecule has 0 radical (unpaired) electrons. The van der Waals surface area contributed by atoms with Gasteiger partial charge in [0.1, 0.15) is 17.3 Å². The molecule has 0 amide bonds. The third kappa shape index (κ3) is 3.47. The quantitative estimate of drug-likeness (QED) is 0.295. The molecule has 4 heteroatoms. The van der Waals surface area contributed by atoms with E-state index in [1.54, 1.807) is 0 Å². The molecule has 2 bridgehead atoms. The first-order valence-corrected chi connectivity index (χ1v) is 14.5. The molecule has 2 spiro atoms. The molecular weight excluding hydrogens is 424 g/mol. The molecule has 6 rings (SSSR count). The van der Waals surface area contributed by atoms with Crippen LogP contribution in [-0.2, 0) is 19.3 Å². The SMILES string of the molecule is CC(=O)O[C@@H]1CC[C@]2(C)[C@@H]3CC[C@]4(C)[C@@H]([C@H](C)CC[C@H](C)C(C)C)CC[C@@H]4[C@@]34CC[C@]2(C1)OO4. The van der Waals surface area contributed by atoms with Gasteiger partial charge in [0.2, 0.25) is 0 Å². The molecular formula is C30H50O4. The van der Waals surface area contributed by atoms with Crippen LogP contribution in [0.15, 0.2) is 0 Å². The van der Waals surface area contributed by atoms with Crippen LogP contribution >= 0.6 is 0 Å². The lowest BCUT2D eigenvalue weighted by molar-refractivity contribution is -0.536. The molecule has 2 heterocycles. The zero-order chi connectivity index (χ0) is 24.5. The summed E-state index contributed by atoms with van der Waals surface area (Å²) in [4.78, 5) is 24.8.